The van der Waals surface area contributed by atoms with Gasteiger partial charge < -0.3 is 10.5 Å². The van der Waals surface area contributed by atoms with Gasteiger partial charge in [-0.25, -0.2) is 5.01 Å². The number of aliphatic carboxylic acids is 1. The lowest BCUT2D eigenvalue weighted by atomic mass is 10.2. The maximum Gasteiger partial charge on any atom is 0.322 e. The van der Waals surface area contributed by atoms with Crippen molar-refractivity contribution in [1.82, 2.24) is 5.01 Å². The first-order chi connectivity index (χ1) is 6.68. The smallest absolute Gasteiger partial charge is 0.322 e. The minimum absolute atomic E-state index is 0.512. The van der Waals surface area contributed by atoms with Crippen molar-refractivity contribution in [3.8, 4) is 0 Å². The SMILES string of the molecule is CC(C(=O)O)N1Cc2ccccc2N1. The first-order valence-corrected chi connectivity index (χ1v) is 4.52. The predicted molar refractivity (Wildman–Crippen MR) is 52.7 cm³/mol. The van der Waals surface area contributed by atoms with Gasteiger partial charge in [-0.15, -0.1) is 0 Å². The standard InChI is InChI=1S/C10H12N2O2/c1-7(10(13)14)12-6-8-4-2-3-5-9(8)11-12/h2-5,7,11H,6H2,1H3,(H,13,14). The van der Waals surface area contributed by atoms with E-state index in [2.05, 4.69) is 5.43 Å². The molecule has 0 amide bonds. The number of hydrogen-bond donors (Lipinski definition) is 2. The Labute approximate surface area is 82.1 Å². The van der Waals surface area contributed by atoms with Crippen molar-refractivity contribution in [2.45, 2.75) is 19.5 Å². The normalized spacial score (nSPS) is 17.2. The zero-order chi connectivity index (χ0) is 10.1. The first kappa shape index (κ1) is 9.02. The molecule has 1 atom stereocenters. The van der Waals surface area contributed by atoms with Crippen LogP contribution in [0.15, 0.2) is 24.3 Å². The molecule has 0 aromatic heterocycles. The van der Waals surface area contributed by atoms with Crippen LogP contribution in [-0.4, -0.2) is 22.1 Å². The Hall–Kier alpha value is -1.55. The van der Waals surface area contributed by atoms with Crippen molar-refractivity contribution in [3.63, 3.8) is 0 Å². The lowest BCUT2D eigenvalue weighted by Gasteiger charge is -2.20. The topological polar surface area (TPSA) is 52.6 Å². The van der Waals surface area contributed by atoms with Crippen LogP contribution in [0.2, 0.25) is 0 Å². The lowest BCUT2D eigenvalue weighted by Crippen LogP contribution is -2.38. The summed E-state index contributed by atoms with van der Waals surface area (Å²) in [5.41, 5.74) is 5.21. The molecule has 2 N–H and O–H groups in total. The summed E-state index contributed by atoms with van der Waals surface area (Å²) < 4.78 is 0. The molecule has 4 nitrogen and oxygen atoms in total. The molecule has 0 radical (unpaired) electrons. The highest BCUT2D eigenvalue weighted by Gasteiger charge is 2.26. The summed E-state index contributed by atoms with van der Waals surface area (Å²) in [7, 11) is 0. The van der Waals surface area contributed by atoms with Crippen molar-refractivity contribution in [1.29, 1.82) is 0 Å². The van der Waals surface area contributed by atoms with E-state index in [1.54, 1.807) is 11.9 Å². The van der Waals surface area contributed by atoms with E-state index in [1.807, 2.05) is 24.3 Å². The number of carboxylic acid groups (broad SMARTS) is 1. The van der Waals surface area contributed by atoms with Gasteiger partial charge in [-0.05, 0) is 18.6 Å². The Morgan fingerprint density at radius 3 is 2.93 bits per heavy atom. The molecule has 1 aromatic carbocycles. The van der Waals surface area contributed by atoms with Gasteiger partial charge >= 0.3 is 5.97 Å². The van der Waals surface area contributed by atoms with E-state index < -0.39 is 12.0 Å². The van der Waals surface area contributed by atoms with Gasteiger partial charge in [-0.1, -0.05) is 18.2 Å². The minimum Gasteiger partial charge on any atom is -0.480 e. The average molecular weight is 192 g/mol. The molecule has 2 rings (SSSR count). The molecular weight excluding hydrogens is 180 g/mol. The third-order valence-electron chi connectivity index (χ3n) is 2.45. The van der Waals surface area contributed by atoms with Gasteiger partial charge in [0.15, 0.2) is 0 Å². The largest absolute Gasteiger partial charge is 0.480 e. The molecule has 0 aliphatic carbocycles. The maximum absolute atomic E-state index is 10.8. The number of fused-ring (bicyclic) bond motifs is 1. The van der Waals surface area contributed by atoms with Crippen molar-refractivity contribution < 1.29 is 9.90 Å². The highest BCUT2D eigenvalue weighted by atomic mass is 16.4. The van der Waals surface area contributed by atoms with Crippen LogP contribution < -0.4 is 5.43 Å². The third kappa shape index (κ3) is 1.44. The summed E-state index contributed by atoms with van der Waals surface area (Å²) in [6.45, 7) is 2.31. The lowest BCUT2D eigenvalue weighted by molar-refractivity contribution is -0.142. The Bertz CT molecular complexity index is 340. The second kappa shape index (κ2) is 3.31. The van der Waals surface area contributed by atoms with Crippen LogP contribution in [0.5, 0.6) is 0 Å². The summed E-state index contributed by atoms with van der Waals surface area (Å²) in [6.07, 6.45) is 0. The number of rotatable bonds is 2. The Morgan fingerprint density at radius 2 is 2.29 bits per heavy atom. The molecule has 0 saturated carbocycles. The molecule has 1 aromatic rings. The highest BCUT2D eigenvalue weighted by molar-refractivity contribution is 5.73. The van der Waals surface area contributed by atoms with Crippen LogP contribution >= 0.6 is 0 Å². The fourth-order valence-electron chi connectivity index (χ4n) is 1.51. The van der Waals surface area contributed by atoms with Crippen molar-refractivity contribution in [3.05, 3.63) is 29.8 Å². The molecule has 0 fully saturated rings. The van der Waals surface area contributed by atoms with Gasteiger partial charge in [0.05, 0.1) is 5.69 Å². The summed E-state index contributed by atoms with van der Waals surface area (Å²) in [5.74, 6) is -0.815. The van der Waals surface area contributed by atoms with Crippen molar-refractivity contribution in [2.24, 2.45) is 0 Å². The molecule has 74 valence electrons. The van der Waals surface area contributed by atoms with Gasteiger partial charge in [0.2, 0.25) is 0 Å². The number of anilines is 1. The third-order valence-corrected chi connectivity index (χ3v) is 2.45. The monoisotopic (exact) mass is 192 g/mol. The van der Waals surface area contributed by atoms with E-state index in [9.17, 15) is 4.79 Å². The van der Waals surface area contributed by atoms with Gasteiger partial charge in [0.25, 0.3) is 0 Å². The molecule has 1 aliphatic heterocycles. The predicted octanol–water partition coefficient (Wildman–Crippen LogP) is 1.30. The highest BCUT2D eigenvalue weighted by Crippen LogP contribution is 2.25. The maximum atomic E-state index is 10.8. The number of hydrazine groups is 1. The fraction of sp³-hybridized carbons (Fsp3) is 0.300. The van der Waals surface area contributed by atoms with Gasteiger partial charge in [-0.2, -0.15) is 0 Å². The molecule has 1 unspecified atom stereocenters. The summed E-state index contributed by atoms with van der Waals surface area (Å²) in [4.78, 5) is 10.8. The molecule has 1 aliphatic rings. The summed E-state index contributed by atoms with van der Waals surface area (Å²) in [5, 5.41) is 10.6. The molecule has 0 saturated heterocycles. The van der Waals surface area contributed by atoms with Crippen LogP contribution in [-0.2, 0) is 11.3 Å². The Kier molecular flexibility index (Phi) is 2.13. The summed E-state index contributed by atoms with van der Waals surface area (Å²) >= 11 is 0. The van der Waals surface area contributed by atoms with Crippen LogP contribution in [0.25, 0.3) is 0 Å². The van der Waals surface area contributed by atoms with E-state index in [4.69, 9.17) is 5.11 Å². The number of para-hydroxylation sites is 1. The zero-order valence-corrected chi connectivity index (χ0v) is 7.90. The Morgan fingerprint density at radius 1 is 1.57 bits per heavy atom. The van der Waals surface area contributed by atoms with Crippen LogP contribution in [0.1, 0.15) is 12.5 Å². The van der Waals surface area contributed by atoms with E-state index in [1.165, 1.54) is 0 Å². The number of benzene rings is 1. The molecule has 1 heterocycles. The number of hydrogen-bond acceptors (Lipinski definition) is 3. The second-order valence-corrected chi connectivity index (χ2v) is 3.41. The number of nitrogens with one attached hydrogen (secondary N) is 1. The molecule has 0 bridgehead atoms. The van der Waals surface area contributed by atoms with E-state index in [0.717, 1.165) is 11.3 Å². The van der Waals surface area contributed by atoms with E-state index in [-0.39, 0.29) is 0 Å². The Balaban J connectivity index is 2.15. The minimum atomic E-state index is -0.815. The number of carboxylic acids is 1. The van der Waals surface area contributed by atoms with Gasteiger partial charge in [0, 0.05) is 6.54 Å². The first-order valence-electron chi connectivity index (χ1n) is 4.52. The van der Waals surface area contributed by atoms with Crippen LogP contribution in [0.4, 0.5) is 5.69 Å². The molecule has 4 heteroatoms. The second-order valence-electron chi connectivity index (χ2n) is 3.41. The number of carbonyl (C=O) groups is 1. The van der Waals surface area contributed by atoms with Crippen molar-refractivity contribution >= 4 is 11.7 Å². The number of nitrogens with zero attached hydrogens (tertiary/aromatic N) is 1. The molecule has 0 spiro atoms. The van der Waals surface area contributed by atoms with Gasteiger partial charge in [0.1, 0.15) is 6.04 Å². The fourth-order valence-corrected chi connectivity index (χ4v) is 1.51. The average Bonchev–Trinajstić information content (AvgIpc) is 2.59. The quantitative estimate of drug-likeness (QED) is 0.741. The van der Waals surface area contributed by atoms with Gasteiger partial charge in [-0.3, -0.25) is 4.79 Å². The zero-order valence-electron chi connectivity index (χ0n) is 7.90. The van der Waals surface area contributed by atoms with Crippen molar-refractivity contribution in [2.75, 3.05) is 5.43 Å². The van der Waals surface area contributed by atoms with E-state index in [0.29, 0.717) is 6.54 Å². The summed E-state index contributed by atoms with van der Waals surface area (Å²) in [6, 6.07) is 7.32. The molecule has 14 heavy (non-hydrogen) atoms. The van der Waals surface area contributed by atoms with Crippen LogP contribution in [0.3, 0.4) is 0 Å². The van der Waals surface area contributed by atoms with Crippen LogP contribution in [0, 0.1) is 0 Å². The molecular formula is C10H12N2O2. The van der Waals surface area contributed by atoms with E-state index >= 15 is 0 Å².